The molecular formula is C84H109ClF10N8. The van der Waals surface area contributed by atoms with E-state index >= 15 is 0 Å². The molecule has 0 spiro atoms. The first-order valence-electron chi connectivity index (χ1n) is 34.5. The maximum Gasteiger partial charge on any atom is 0.417 e. The molecule has 0 aliphatic heterocycles. The molecule has 0 saturated heterocycles. The fourth-order valence-electron chi connectivity index (χ4n) is 9.64. The van der Waals surface area contributed by atoms with E-state index in [4.69, 9.17) is 11.6 Å². The average Bonchev–Trinajstić information content (AvgIpc) is 0.828. The van der Waals surface area contributed by atoms with E-state index in [2.05, 4.69) is 155 Å². The first-order chi connectivity index (χ1) is 47.7. The summed E-state index contributed by atoms with van der Waals surface area (Å²) in [6.45, 7) is 55.4. The molecule has 8 nitrogen and oxygen atoms in total. The van der Waals surface area contributed by atoms with E-state index in [1.54, 1.807) is 26.2 Å². The van der Waals surface area contributed by atoms with Crippen LogP contribution in [0.5, 0.6) is 0 Å². The molecule has 9 rings (SSSR count). The number of nitrogens with zero attached hydrogens (tertiary/aromatic N) is 8. The van der Waals surface area contributed by atoms with Gasteiger partial charge in [-0.3, -0.25) is 39.9 Å². The number of pyridine rings is 8. The highest BCUT2D eigenvalue weighted by Crippen LogP contribution is 2.31. The van der Waals surface area contributed by atoms with Gasteiger partial charge < -0.3 is 0 Å². The van der Waals surface area contributed by atoms with Crippen molar-refractivity contribution in [3.8, 4) is 0 Å². The van der Waals surface area contributed by atoms with Crippen LogP contribution in [0.4, 0.5) is 43.9 Å². The van der Waals surface area contributed by atoms with Gasteiger partial charge in [0.15, 0.2) is 0 Å². The molecule has 562 valence electrons. The van der Waals surface area contributed by atoms with E-state index < -0.39 is 29.2 Å². The highest BCUT2D eigenvalue weighted by atomic mass is 35.5. The Labute approximate surface area is 613 Å². The van der Waals surface area contributed by atoms with Gasteiger partial charge in [-0.25, -0.2) is 30.7 Å². The number of alkyl halides is 3. The minimum absolute atomic E-state index is 0.00407. The molecule has 0 bridgehead atoms. The summed E-state index contributed by atoms with van der Waals surface area (Å²) in [7, 11) is 0. The summed E-state index contributed by atoms with van der Waals surface area (Å²) in [6.07, 6.45) is 8.06. The van der Waals surface area contributed by atoms with Crippen molar-refractivity contribution in [3.63, 3.8) is 0 Å². The van der Waals surface area contributed by atoms with E-state index in [0.717, 1.165) is 57.4 Å². The Morgan fingerprint density at radius 2 is 0.689 bits per heavy atom. The highest BCUT2D eigenvalue weighted by Gasteiger charge is 2.32. The largest absolute Gasteiger partial charge is 0.417 e. The summed E-state index contributed by atoms with van der Waals surface area (Å²) in [5.74, 6) is -1.14. The van der Waals surface area contributed by atoms with Crippen molar-refractivity contribution >= 4 is 17.2 Å². The van der Waals surface area contributed by atoms with E-state index in [0.29, 0.717) is 58.6 Å². The van der Waals surface area contributed by atoms with Crippen LogP contribution < -0.4 is 0 Å². The molecule has 8 heterocycles. The molecule has 103 heavy (non-hydrogen) atoms. The van der Waals surface area contributed by atoms with Crippen molar-refractivity contribution in [3.05, 3.63) is 276 Å². The van der Waals surface area contributed by atoms with Crippen LogP contribution in [0, 0.1) is 89.2 Å². The van der Waals surface area contributed by atoms with Crippen LogP contribution in [0.25, 0.3) is 5.57 Å². The Bertz CT molecular complexity index is 3730. The first-order valence-corrected chi connectivity index (χ1v) is 34.9. The third-order valence-corrected chi connectivity index (χ3v) is 15.2. The van der Waals surface area contributed by atoms with Crippen LogP contribution in [0.2, 0.25) is 5.02 Å². The predicted octanol–water partition coefficient (Wildman–Crippen LogP) is 26.3. The molecule has 0 aliphatic carbocycles. The van der Waals surface area contributed by atoms with Gasteiger partial charge in [0.2, 0.25) is 0 Å². The molecule has 0 amide bonds. The SMILES string of the molecule is C=C(C)c1cnc(C(C)C)c(F)c1.CC(C)c1cc(F)ccc1F.CC(C)c1ncc(C(F)(F)F)cc1F.CC(C)c1ncc(F)cc1F.Cc1cccnc1C(C)C.Cc1cnc(C(C)C)c(C)c1.Cc1cnc(C(C)C)c(C)c1.Cc1cnc(C(C)C)c(Cl)c1.Cc1cnc(C(C)C)c(F)c1. The Morgan fingerprint density at radius 1 is 0.340 bits per heavy atom. The zero-order chi connectivity index (χ0) is 79.1. The van der Waals surface area contributed by atoms with Crippen LogP contribution >= 0.6 is 11.6 Å². The average molecular weight is 1460 g/mol. The van der Waals surface area contributed by atoms with Gasteiger partial charge in [-0.15, -0.1) is 0 Å². The number of hydrogen-bond donors (Lipinski definition) is 0. The molecule has 9 aromatic rings. The van der Waals surface area contributed by atoms with Gasteiger partial charge in [0.25, 0.3) is 0 Å². The normalized spacial score (nSPS) is 10.8. The molecule has 19 heteroatoms. The second kappa shape index (κ2) is 45.1. The Hall–Kier alpha value is -8.25. The van der Waals surface area contributed by atoms with E-state index in [1.807, 2.05) is 113 Å². The number of rotatable bonds is 10. The fraction of sp³-hybridized carbons (Fsp3) is 0.429. The van der Waals surface area contributed by atoms with Gasteiger partial charge in [-0.05, 0) is 213 Å². The van der Waals surface area contributed by atoms with Gasteiger partial charge in [-0.2, -0.15) is 13.2 Å². The van der Waals surface area contributed by atoms with Crippen LogP contribution in [0.3, 0.4) is 0 Å². The van der Waals surface area contributed by atoms with Crippen molar-refractivity contribution < 1.29 is 43.9 Å². The van der Waals surface area contributed by atoms with Crippen molar-refractivity contribution in [2.75, 3.05) is 0 Å². The van der Waals surface area contributed by atoms with E-state index in [-0.39, 0.29) is 58.6 Å². The van der Waals surface area contributed by atoms with Crippen LogP contribution in [-0.2, 0) is 6.18 Å². The van der Waals surface area contributed by atoms with Crippen molar-refractivity contribution in [1.82, 2.24) is 39.9 Å². The summed E-state index contributed by atoms with van der Waals surface area (Å²) < 4.78 is 126. The fourth-order valence-corrected chi connectivity index (χ4v) is 10.1. The number of benzene rings is 1. The predicted molar refractivity (Wildman–Crippen MR) is 405 cm³/mol. The van der Waals surface area contributed by atoms with Gasteiger partial charge in [0.1, 0.15) is 40.7 Å². The zero-order valence-electron chi connectivity index (χ0n) is 65.2. The van der Waals surface area contributed by atoms with Crippen molar-refractivity contribution in [2.24, 2.45) is 0 Å². The summed E-state index contributed by atoms with van der Waals surface area (Å²) in [5, 5.41) is 0.778. The third-order valence-electron chi connectivity index (χ3n) is 14.9. The topological polar surface area (TPSA) is 103 Å². The van der Waals surface area contributed by atoms with Gasteiger partial charge in [0.05, 0.1) is 45.3 Å². The van der Waals surface area contributed by atoms with Crippen LogP contribution in [0.15, 0.2) is 129 Å². The molecular weight excluding hydrogens is 1350 g/mol. The molecule has 0 radical (unpaired) electrons. The molecule has 0 atom stereocenters. The number of hydrogen-bond acceptors (Lipinski definition) is 8. The zero-order valence-corrected chi connectivity index (χ0v) is 65.9. The molecule has 1 aromatic carbocycles. The van der Waals surface area contributed by atoms with Gasteiger partial charge in [-0.1, -0.05) is 161 Å². The number of halogens is 11. The molecule has 0 fully saturated rings. The van der Waals surface area contributed by atoms with Gasteiger partial charge in [0, 0.05) is 66.5 Å². The summed E-state index contributed by atoms with van der Waals surface area (Å²) >= 11 is 5.96. The smallest absolute Gasteiger partial charge is 0.261 e. The Kier molecular flexibility index (Phi) is 40.6. The summed E-state index contributed by atoms with van der Waals surface area (Å²) in [6, 6.07) is 18.2. The second-order valence-electron chi connectivity index (χ2n) is 27.9. The number of aryl methyl sites for hydroxylation is 7. The maximum atomic E-state index is 13.4. The van der Waals surface area contributed by atoms with Crippen molar-refractivity contribution in [1.29, 1.82) is 0 Å². The molecule has 8 aromatic heterocycles. The van der Waals surface area contributed by atoms with Crippen LogP contribution in [0.1, 0.15) is 286 Å². The highest BCUT2D eigenvalue weighted by molar-refractivity contribution is 6.31. The quantitative estimate of drug-likeness (QED) is 0.125. The van der Waals surface area contributed by atoms with Gasteiger partial charge >= 0.3 is 6.18 Å². The second-order valence-corrected chi connectivity index (χ2v) is 28.3. The lowest BCUT2D eigenvalue weighted by molar-refractivity contribution is -0.138. The van der Waals surface area contributed by atoms with E-state index in [9.17, 15) is 43.9 Å². The maximum absolute atomic E-state index is 13.4. The van der Waals surface area contributed by atoms with Crippen molar-refractivity contribution in [2.45, 2.75) is 239 Å². The van der Waals surface area contributed by atoms with E-state index in [1.165, 1.54) is 63.1 Å². The number of allylic oxidation sites excluding steroid dienone is 1. The first kappa shape index (κ1) is 92.8. The Morgan fingerprint density at radius 3 is 1.02 bits per heavy atom. The summed E-state index contributed by atoms with van der Waals surface area (Å²) in [4.78, 5) is 32.4. The third kappa shape index (κ3) is 33.8. The lowest BCUT2D eigenvalue weighted by Crippen LogP contribution is -2.08. The minimum Gasteiger partial charge on any atom is -0.261 e. The molecule has 0 aliphatic rings. The monoisotopic (exact) mass is 1450 g/mol. The molecule has 0 saturated carbocycles. The minimum atomic E-state index is -4.54. The molecule has 0 unspecified atom stereocenters. The standard InChI is InChI=1S/C11H14FN.2C10H15N.C9H12ClN.C9H9F4N.C9H10F2.C9H12FN.C9H13N.C8H9F2N/c1-7(2)9-5-10(12)11(8(3)4)13-6-9;2*1-7(2)10-9(4)5-8(3)6-11-10;1-6(2)9-8(10)4-7(3)5-11-9;1-5(2)8-7(10)3-6(4-14-8)9(11,12)13;1-6(2)8-5-7(10)3-4-9(8)11;1-6(2)9-8(10)4-7(3)5-11-9;1-7(2)9-8(3)5-4-6-10-9;1-5(2)8-7(10)3-6(9)4-11-8/h5-6,8H,1H2,2-4H3;2*5-7H,1-4H3;4-6H,1-3H3;3-5H,1-2H3;3-6H,1-2H3;4-6H,1-3H3;4-7H,1-3H3;3-5H,1-2H3. The Balaban J connectivity index is 0.000000580. The lowest BCUT2D eigenvalue weighted by atomic mass is 10.0. The van der Waals surface area contributed by atoms with Crippen LogP contribution in [-0.4, -0.2) is 39.9 Å². The number of aromatic nitrogens is 8. The summed E-state index contributed by atoms with van der Waals surface area (Å²) in [5.41, 5.74) is 15.4. The molecule has 0 N–H and O–H groups in total. The lowest BCUT2D eigenvalue weighted by Gasteiger charge is -2.09.